The van der Waals surface area contributed by atoms with E-state index < -0.39 is 0 Å². The topological polar surface area (TPSA) is 64.5 Å². The molecule has 0 saturated heterocycles. The third-order valence-electron chi connectivity index (χ3n) is 13.2. The molecule has 2 amide bonds. The van der Waals surface area contributed by atoms with Gasteiger partial charge >= 0.3 is 0 Å². The van der Waals surface area contributed by atoms with Gasteiger partial charge in [-0.15, -0.1) is 12.6 Å². The molecule has 0 aliphatic heterocycles. The number of carbonyl (C=O) groups excluding carboxylic acids is 2. The molecule has 0 fully saturated rings. The Kier molecular flexibility index (Phi) is 16.7. The number of unbranched alkanes of at least 4 members (excludes halogenated alkanes) is 2. The standard InChI is InChI=1S/C60H66N4O2S2/c1-9-13-15-43(11-3)59(65)61-53-37-49(63(45-25-17-39(5)18-26-45)46-27-19-40(6)20-28-46)33-35-51(53)55-57(67)56(58(55)68)52-36-34-50(38-54(52)62-60(66)44(12-4)16-14-10-2)64(47-29-21-41(7)22-30-47)48-31-23-42(8)24-32-48/h17-38,43-44H,9-16H2,1-8H3,(H2,61,62,65,66,67,68)/p+1. The molecule has 2 unspecified atom stereocenters. The molecule has 0 aromatic heterocycles. The smallest absolute Gasteiger partial charge is 0.227 e. The maximum Gasteiger partial charge on any atom is 0.227 e. The normalized spacial score (nSPS) is 15.4. The zero-order valence-electron chi connectivity index (χ0n) is 41.1. The van der Waals surface area contributed by atoms with Crippen LogP contribution < -0.4 is 20.1 Å². The minimum atomic E-state index is -0.134. The average Bonchev–Trinajstić information content (AvgIpc) is 3.33. The molecule has 350 valence electrons. The summed E-state index contributed by atoms with van der Waals surface area (Å²) in [4.78, 5) is 32.1. The number of aryl methyl sites for hydroxylation is 4. The SMILES string of the molecule is CCCCC(CC)C(=O)NC1=CC(=[N+](c2ccc(C)cc2)c2ccc(C)cc2)C=CC1=C1C(=S)C(c2ccc(N(c3ccc(C)cc3)c3ccc(C)cc3)cc2NC(=O)C(CC)CCCC)=C1S. The van der Waals surface area contributed by atoms with Gasteiger partial charge in [-0.3, -0.25) is 9.59 Å². The summed E-state index contributed by atoms with van der Waals surface area (Å²) in [6.07, 6.45) is 13.3. The lowest BCUT2D eigenvalue weighted by Crippen LogP contribution is -2.33. The van der Waals surface area contributed by atoms with Crippen LogP contribution in [0.25, 0.3) is 5.57 Å². The van der Waals surface area contributed by atoms with Crippen LogP contribution >= 0.6 is 24.8 Å². The van der Waals surface area contributed by atoms with Gasteiger partial charge in [-0.25, -0.2) is 0 Å². The predicted molar refractivity (Wildman–Crippen MR) is 296 cm³/mol. The van der Waals surface area contributed by atoms with Crippen LogP contribution in [0.5, 0.6) is 0 Å². The van der Waals surface area contributed by atoms with Crippen molar-refractivity contribution in [1.82, 2.24) is 9.89 Å². The Labute approximate surface area is 416 Å². The summed E-state index contributed by atoms with van der Waals surface area (Å²) in [5.41, 5.74) is 15.0. The van der Waals surface area contributed by atoms with Crippen molar-refractivity contribution in [2.75, 3.05) is 10.2 Å². The third-order valence-corrected chi connectivity index (χ3v) is 14.1. The number of nitrogens with zero attached hydrogens (tertiary/aromatic N) is 2. The molecule has 0 bridgehead atoms. The second kappa shape index (κ2) is 22.8. The molecule has 2 aliphatic carbocycles. The number of hydrogen-bond donors (Lipinski definition) is 3. The van der Waals surface area contributed by atoms with Crippen LogP contribution in [0.2, 0.25) is 0 Å². The number of thiol groups is 1. The van der Waals surface area contributed by atoms with E-state index in [0.29, 0.717) is 21.2 Å². The van der Waals surface area contributed by atoms with E-state index in [1.165, 1.54) is 22.3 Å². The van der Waals surface area contributed by atoms with Crippen molar-refractivity contribution in [2.45, 2.75) is 107 Å². The molecule has 0 radical (unpaired) electrons. The molecule has 5 aromatic carbocycles. The fourth-order valence-electron chi connectivity index (χ4n) is 8.97. The molecule has 2 atom stereocenters. The van der Waals surface area contributed by atoms with Crippen molar-refractivity contribution in [1.29, 1.82) is 0 Å². The van der Waals surface area contributed by atoms with E-state index >= 15 is 0 Å². The largest absolute Gasteiger partial charge is 0.325 e. The first-order valence-electron chi connectivity index (χ1n) is 24.5. The van der Waals surface area contributed by atoms with Gasteiger partial charge in [-0.05, 0) is 95.9 Å². The number of hydrogen-bond acceptors (Lipinski definition) is 5. The van der Waals surface area contributed by atoms with E-state index in [4.69, 9.17) is 24.8 Å². The van der Waals surface area contributed by atoms with Crippen LogP contribution in [0, 0.1) is 39.5 Å². The summed E-state index contributed by atoms with van der Waals surface area (Å²) in [6.45, 7) is 16.8. The second-order valence-corrected chi connectivity index (χ2v) is 19.2. The number of rotatable bonds is 18. The third kappa shape index (κ3) is 11.3. The van der Waals surface area contributed by atoms with Crippen LogP contribution in [0.3, 0.4) is 0 Å². The number of thiocarbonyl (C=S) groups is 1. The molecule has 2 aliphatic rings. The van der Waals surface area contributed by atoms with Crippen LogP contribution in [0.4, 0.5) is 34.1 Å². The predicted octanol–water partition coefficient (Wildman–Crippen LogP) is 15.6. The molecule has 2 N–H and O–H groups in total. The minimum absolute atomic E-state index is 0.00632. The van der Waals surface area contributed by atoms with Gasteiger partial charge in [0.1, 0.15) is 0 Å². The number of amides is 2. The monoisotopic (exact) mass is 939 g/mol. The number of anilines is 4. The quantitative estimate of drug-likeness (QED) is 0.0354. The molecule has 6 nitrogen and oxygen atoms in total. The van der Waals surface area contributed by atoms with Gasteiger partial charge in [0.25, 0.3) is 0 Å². The Morgan fingerprint density at radius 1 is 0.603 bits per heavy atom. The van der Waals surface area contributed by atoms with Crippen molar-refractivity contribution in [3.63, 3.8) is 0 Å². The fourth-order valence-corrected chi connectivity index (χ4v) is 10.0. The summed E-state index contributed by atoms with van der Waals surface area (Å²) < 4.78 is 2.22. The molecule has 0 heterocycles. The Morgan fingerprint density at radius 2 is 1.06 bits per heavy atom. The van der Waals surface area contributed by atoms with Gasteiger partial charge in [-0.1, -0.05) is 142 Å². The number of allylic oxidation sites excluding steroid dienone is 5. The van der Waals surface area contributed by atoms with E-state index in [-0.39, 0.29) is 23.7 Å². The Bertz CT molecular complexity index is 2720. The lowest BCUT2D eigenvalue weighted by molar-refractivity contribution is -0.124. The van der Waals surface area contributed by atoms with Crippen molar-refractivity contribution in [3.05, 3.63) is 183 Å². The first-order chi connectivity index (χ1) is 32.8. The van der Waals surface area contributed by atoms with E-state index in [0.717, 1.165) is 108 Å². The molecule has 5 aromatic rings. The maximum absolute atomic E-state index is 14.3. The highest BCUT2D eigenvalue weighted by Crippen LogP contribution is 2.48. The number of benzene rings is 5. The van der Waals surface area contributed by atoms with Crippen molar-refractivity contribution < 1.29 is 9.59 Å². The van der Waals surface area contributed by atoms with E-state index in [1.807, 2.05) is 0 Å². The highest BCUT2D eigenvalue weighted by atomic mass is 32.1. The Hall–Kier alpha value is -6.09. The summed E-state index contributed by atoms with van der Waals surface area (Å²) >= 11 is 11.7. The van der Waals surface area contributed by atoms with Gasteiger partial charge < -0.3 is 15.5 Å². The summed E-state index contributed by atoms with van der Waals surface area (Å²) in [5.74, 6) is -0.281. The maximum atomic E-state index is 14.3. The lowest BCUT2D eigenvalue weighted by Gasteiger charge is -2.32. The zero-order chi connectivity index (χ0) is 48.5. The summed E-state index contributed by atoms with van der Waals surface area (Å²) in [6, 6.07) is 40.2. The van der Waals surface area contributed by atoms with Crippen molar-refractivity contribution >= 4 is 86.9 Å². The number of carbonyl (C=O) groups is 2. The van der Waals surface area contributed by atoms with Crippen LogP contribution in [0.1, 0.15) is 107 Å². The van der Waals surface area contributed by atoms with Crippen molar-refractivity contribution in [3.8, 4) is 0 Å². The van der Waals surface area contributed by atoms with Gasteiger partial charge in [0, 0.05) is 92.5 Å². The van der Waals surface area contributed by atoms with Gasteiger partial charge in [0.05, 0.1) is 16.2 Å². The highest BCUT2D eigenvalue weighted by Gasteiger charge is 2.36. The molecule has 8 heteroatoms. The Balaban J connectivity index is 1.39. The molecule has 0 saturated carbocycles. The first kappa shape index (κ1) is 49.8. The second-order valence-electron chi connectivity index (χ2n) is 18.4. The van der Waals surface area contributed by atoms with Gasteiger partial charge in [-0.2, -0.15) is 4.58 Å². The highest BCUT2D eigenvalue weighted by molar-refractivity contribution is 7.87. The van der Waals surface area contributed by atoms with Crippen LogP contribution in [0.15, 0.2) is 155 Å². The molecule has 68 heavy (non-hydrogen) atoms. The minimum Gasteiger partial charge on any atom is -0.325 e. The van der Waals surface area contributed by atoms with E-state index in [9.17, 15) is 9.59 Å². The van der Waals surface area contributed by atoms with Crippen molar-refractivity contribution in [2.24, 2.45) is 11.8 Å². The van der Waals surface area contributed by atoms with E-state index in [2.05, 4.69) is 209 Å². The summed E-state index contributed by atoms with van der Waals surface area (Å²) in [5, 5.41) is 6.80. The molecule has 7 rings (SSSR count). The zero-order valence-corrected chi connectivity index (χ0v) is 42.8. The van der Waals surface area contributed by atoms with Gasteiger partial charge in [0.2, 0.25) is 28.9 Å². The molecular weight excluding hydrogens is 873 g/mol. The Morgan fingerprint density at radius 3 is 1.51 bits per heavy atom. The lowest BCUT2D eigenvalue weighted by atomic mass is 9.81. The van der Waals surface area contributed by atoms with E-state index in [1.54, 1.807) is 0 Å². The fraction of sp³-hybridized carbons (Fsp3) is 0.300. The molecule has 0 spiro atoms. The van der Waals surface area contributed by atoms with Crippen LogP contribution in [-0.2, 0) is 9.59 Å². The average molecular weight is 940 g/mol. The van der Waals surface area contributed by atoms with Gasteiger partial charge in [0.15, 0.2) is 0 Å². The van der Waals surface area contributed by atoms with Crippen LogP contribution in [-0.4, -0.2) is 22.4 Å². The molecular formula is C60H67N4O2S2+. The first-order valence-corrected chi connectivity index (χ1v) is 25.3. The number of nitrogens with one attached hydrogen (secondary N) is 2. The summed E-state index contributed by atoms with van der Waals surface area (Å²) in [7, 11) is 0.